The highest BCUT2D eigenvalue weighted by Gasteiger charge is 2.12. The second-order valence-electron chi connectivity index (χ2n) is 3.99. The Hall–Kier alpha value is -1.16. The van der Waals surface area contributed by atoms with E-state index in [1.54, 1.807) is 24.3 Å². The van der Waals surface area contributed by atoms with Gasteiger partial charge in [-0.05, 0) is 23.8 Å². The fraction of sp³-hybridized carbons (Fsp3) is 0.133. The van der Waals surface area contributed by atoms with Gasteiger partial charge in [0.25, 0.3) is 0 Å². The third-order valence-corrected chi connectivity index (χ3v) is 4.75. The Balaban J connectivity index is 2.21. The van der Waals surface area contributed by atoms with Crippen LogP contribution in [0.4, 0.5) is 0 Å². The summed E-state index contributed by atoms with van der Waals surface area (Å²) in [4.78, 5) is 12.5. The highest BCUT2D eigenvalue weighted by molar-refractivity contribution is 7.98. The summed E-state index contributed by atoms with van der Waals surface area (Å²) in [5.74, 6) is 0.251. The van der Waals surface area contributed by atoms with Crippen molar-refractivity contribution in [2.75, 3.05) is 7.11 Å². The van der Waals surface area contributed by atoms with Crippen molar-refractivity contribution in [3.8, 4) is 0 Å². The van der Waals surface area contributed by atoms with E-state index in [4.69, 9.17) is 27.9 Å². The molecule has 20 heavy (non-hydrogen) atoms. The van der Waals surface area contributed by atoms with Gasteiger partial charge < -0.3 is 4.74 Å². The number of carbonyl (C=O) groups is 1. The van der Waals surface area contributed by atoms with Crippen LogP contribution in [0.25, 0.3) is 0 Å². The molecule has 2 rings (SSSR count). The molecular weight excluding hydrogens is 315 g/mol. The molecule has 2 aromatic rings. The van der Waals surface area contributed by atoms with Gasteiger partial charge in [-0.1, -0.05) is 47.5 Å². The summed E-state index contributed by atoms with van der Waals surface area (Å²) in [5.41, 5.74) is 1.45. The highest BCUT2D eigenvalue weighted by Crippen LogP contribution is 2.36. The molecule has 0 radical (unpaired) electrons. The molecular formula is C15H12Cl2O2S. The van der Waals surface area contributed by atoms with Gasteiger partial charge in [-0.25, -0.2) is 4.79 Å². The highest BCUT2D eigenvalue weighted by atomic mass is 35.5. The maximum atomic E-state index is 11.7. The van der Waals surface area contributed by atoms with Crippen molar-refractivity contribution in [2.45, 2.75) is 10.6 Å². The first-order valence-corrected chi connectivity index (χ1v) is 7.60. The minimum atomic E-state index is -0.341. The number of thioether (sulfide) groups is 1. The van der Waals surface area contributed by atoms with Crippen molar-refractivity contribution in [2.24, 2.45) is 0 Å². The van der Waals surface area contributed by atoms with E-state index >= 15 is 0 Å². The topological polar surface area (TPSA) is 26.3 Å². The van der Waals surface area contributed by atoms with Crippen LogP contribution >= 0.6 is 35.0 Å². The first-order chi connectivity index (χ1) is 9.63. The third kappa shape index (κ3) is 3.48. The van der Waals surface area contributed by atoms with Crippen LogP contribution in [0.15, 0.2) is 47.4 Å². The Morgan fingerprint density at radius 3 is 2.40 bits per heavy atom. The molecule has 0 aromatic heterocycles. The first-order valence-electron chi connectivity index (χ1n) is 5.86. The van der Waals surface area contributed by atoms with E-state index in [0.717, 1.165) is 10.5 Å². The SMILES string of the molecule is COC(=O)c1ccccc1CSc1c(Cl)cccc1Cl. The van der Waals surface area contributed by atoms with Gasteiger partial charge >= 0.3 is 5.97 Å². The Morgan fingerprint density at radius 1 is 1.10 bits per heavy atom. The zero-order chi connectivity index (χ0) is 14.5. The van der Waals surface area contributed by atoms with Crippen molar-refractivity contribution >= 4 is 40.9 Å². The van der Waals surface area contributed by atoms with Gasteiger partial charge in [0.15, 0.2) is 0 Å². The standard InChI is InChI=1S/C15H12Cl2O2S/c1-19-15(18)11-6-3-2-5-10(11)9-20-14-12(16)7-4-8-13(14)17/h2-8H,9H2,1H3. The average molecular weight is 327 g/mol. The summed E-state index contributed by atoms with van der Waals surface area (Å²) in [6.07, 6.45) is 0. The molecule has 5 heteroatoms. The van der Waals surface area contributed by atoms with E-state index in [-0.39, 0.29) is 5.97 Å². The van der Waals surface area contributed by atoms with E-state index in [9.17, 15) is 4.79 Å². The van der Waals surface area contributed by atoms with Gasteiger partial charge in [-0.15, -0.1) is 11.8 Å². The number of benzene rings is 2. The van der Waals surface area contributed by atoms with Gasteiger partial charge in [0.1, 0.15) is 0 Å². The van der Waals surface area contributed by atoms with E-state index in [1.807, 2.05) is 18.2 Å². The molecule has 0 unspecified atom stereocenters. The maximum absolute atomic E-state index is 11.7. The van der Waals surface area contributed by atoms with Crippen LogP contribution in [0.2, 0.25) is 10.0 Å². The molecule has 0 aliphatic heterocycles. The van der Waals surface area contributed by atoms with E-state index in [0.29, 0.717) is 21.4 Å². The minimum absolute atomic E-state index is 0.341. The van der Waals surface area contributed by atoms with Crippen LogP contribution in [0, 0.1) is 0 Å². The molecule has 0 heterocycles. The number of esters is 1. The molecule has 0 saturated heterocycles. The summed E-state index contributed by atoms with van der Waals surface area (Å²) in [6.45, 7) is 0. The lowest BCUT2D eigenvalue weighted by atomic mass is 10.1. The van der Waals surface area contributed by atoms with Crippen LogP contribution in [0.3, 0.4) is 0 Å². The maximum Gasteiger partial charge on any atom is 0.338 e. The summed E-state index contributed by atoms with van der Waals surface area (Å²) in [6, 6.07) is 12.7. The van der Waals surface area contributed by atoms with Crippen molar-refractivity contribution in [3.63, 3.8) is 0 Å². The Labute approximate surface area is 132 Å². The van der Waals surface area contributed by atoms with Crippen LogP contribution in [0.1, 0.15) is 15.9 Å². The Kier molecular flexibility index (Phi) is 5.35. The predicted molar refractivity (Wildman–Crippen MR) is 83.8 cm³/mol. The van der Waals surface area contributed by atoms with E-state index in [2.05, 4.69) is 0 Å². The fourth-order valence-corrected chi connectivity index (χ4v) is 3.41. The zero-order valence-electron chi connectivity index (χ0n) is 10.7. The molecule has 0 spiro atoms. The number of carbonyl (C=O) groups excluding carboxylic acids is 1. The summed E-state index contributed by atoms with van der Waals surface area (Å²) in [5, 5.41) is 1.22. The molecule has 0 bridgehead atoms. The molecule has 0 fully saturated rings. The van der Waals surface area contributed by atoms with Gasteiger partial charge in [0.05, 0.1) is 22.7 Å². The minimum Gasteiger partial charge on any atom is -0.465 e. The number of halogens is 2. The van der Waals surface area contributed by atoms with Gasteiger partial charge in [0.2, 0.25) is 0 Å². The van der Waals surface area contributed by atoms with Crippen molar-refractivity contribution in [3.05, 3.63) is 63.6 Å². The van der Waals surface area contributed by atoms with Crippen LogP contribution in [-0.4, -0.2) is 13.1 Å². The van der Waals surface area contributed by atoms with Crippen LogP contribution < -0.4 is 0 Å². The monoisotopic (exact) mass is 326 g/mol. The second-order valence-corrected chi connectivity index (χ2v) is 5.79. The Morgan fingerprint density at radius 2 is 1.75 bits per heavy atom. The van der Waals surface area contributed by atoms with Gasteiger partial charge in [0, 0.05) is 10.6 Å². The fourth-order valence-electron chi connectivity index (χ4n) is 1.73. The number of hydrogen-bond acceptors (Lipinski definition) is 3. The van der Waals surface area contributed by atoms with E-state index < -0.39 is 0 Å². The summed E-state index contributed by atoms with van der Waals surface area (Å²) < 4.78 is 4.78. The van der Waals surface area contributed by atoms with E-state index in [1.165, 1.54) is 18.9 Å². The van der Waals surface area contributed by atoms with Gasteiger partial charge in [-0.3, -0.25) is 0 Å². The van der Waals surface area contributed by atoms with Crippen LogP contribution in [0.5, 0.6) is 0 Å². The third-order valence-electron chi connectivity index (χ3n) is 2.71. The Bertz CT molecular complexity index is 609. The number of hydrogen-bond donors (Lipinski definition) is 0. The molecule has 2 nitrogen and oxygen atoms in total. The zero-order valence-corrected chi connectivity index (χ0v) is 13.1. The normalized spacial score (nSPS) is 10.3. The molecule has 0 N–H and O–H groups in total. The van der Waals surface area contributed by atoms with Gasteiger partial charge in [-0.2, -0.15) is 0 Å². The largest absolute Gasteiger partial charge is 0.465 e. The number of ether oxygens (including phenoxy) is 1. The number of rotatable bonds is 4. The number of methoxy groups -OCH3 is 1. The lowest BCUT2D eigenvalue weighted by molar-refractivity contribution is 0.0600. The van der Waals surface area contributed by atoms with Crippen molar-refractivity contribution in [1.82, 2.24) is 0 Å². The predicted octanol–water partition coefficient (Wildman–Crippen LogP) is 5.07. The molecule has 2 aromatic carbocycles. The molecule has 0 amide bonds. The van der Waals surface area contributed by atoms with Crippen LogP contribution in [-0.2, 0) is 10.5 Å². The quantitative estimate of drug-likeness (QED) is 0.579. The summed E-state index contributed by atoms with van der Waals surface area (Å²) in [7, 11) is 1.37. The first kappa shape index (κ1) is 15.2. The molecule has 104 valence electrons. The molecule has 0 aliphatic rings. The second kappa shape index (κ2) is 7.02. The van der Waals surface area contributed by atoms with Crippen molar-refractivity contribution in [1.29, 1.82) is 0 Å². The molecule has 0 saturated carbocycles. The summed E-state index contributed by atoms with van der Waals surface area (Å²) >= 11 is 13.8. The lowest BCUT2D eigenvalue weighted by Gasteiger charge is -2.09. The smallest absolute Gasteiger partial charge is 0.338 e. The molecule has 0 aliphatic carbocycles. The lowest BCUT2D eigenvalue weighted by Crippen LogP contribution is -2.04. The van der Waals surface area contributed by atoms with Crippen molar-refractivity contribution < 1.29 is 9.53 Å². The molecule has 0 atom stereocenters. The average Bonchev–Trinajstić information content (AvgIpc) is 2.46.